The molecule has 0 saturated heterocycles. The summed E-state index contributed by atoms with van der Waals surface area (Å²) < 4.78 is 2.38. The minimum Gasteiger partial charge on any atom is -0.309 e. The molecular weight excluding hydrogens is 728 g/mol. The summed E-state index contributed by atoms with van der Waals surface area (Å²) in [5.41, 5.74) is 15.2. The van der Waals surface area contributed by atoms with Crippen molar-refractivity contribution in [1.82, 2.24) is 4.57 Å². The Hall–Kier alpha value is -7.27. The number of hydrogen-bond acceptors (Lipinski definition) is 2. The fourth-order valence-electron chi connectivity index (χ4n) is 8.21. The van der Waals surface area contributed by atoms with Crippen LogP contribution in [0.5, 0.6) is 0 Å². The molecule has 0 spiro atoms. The van der Waals surface area contributed by atoms with E-state index in [1.165, 1.54) is 21.8 Å². The molecule has 2 heterocycles. The molecule has 0 amide bonds. The van der Waals surface area contributed by atoms with E-state index in [4.69, 9.17) is 21.6 Å². The zero-order valence-electron chi connectivity index (χ0n) is 31.8. The van der Waals surface area contributed by atoms with Crippen LogP contribution in [-0.4, -0.2) is 16.1 Å². The number of hydrogen-bond donors (Lipinski definition) is 0. The number of rotatable bonds is 6. The minimum absolute atomic E-state index is 0.602. The van der Waals surface area contributed by atoms with Gasteiger partial charge in [0.05, 0.1) is 38.8 Å². The number of aliphatic imine (C=N–C) groups is 2. The van der Waals surface area contributed by atoms with Crippen LogP contribution >= 0.6 is 11.6 Å². The van der Waals surface area contributed by atoms with Crippen LogP contribution in [0.4, 0.5) is 17.1 Å². The number of benzene rings is 8. The fourth-order valence-corrected chi connectivity index (χ4v) is 8.43. The van der Waals surface area contributed by atoms with Gasteiger partial charge in [0.15, 0.2) is 5.84 Å². The first kappa shape index (κ1) is 35.2. The van der Waals surface area contributed by atoms with Crippen LogP contribution in [0.1, 0.15) is 23.6 Å². The quantitative estimate of drug-likeness (QED) is 0.123. The molecule has 0 unspecified atom stereocenters. The summed E-state index contributed by atoms with van der Waals surface area (Å²) in [6.07, 6.45) is 0. The van der Waals surface area contributed by atoms with Gasteiger partial charge in [0.25, 0.3) is 0 Å². The Morgan fingerprint density at radius 1 is 0.466 bits per heavy atom. The SMILES string of the molecule is C=C(N=C(N=C(C)c1ccc2c(c1)-c1ccccc1-c1cc(-n3c4ccccc4c4ccccc43)ccc1N2c1ccccc1Cl)c1ccccc1)c1ccccc1. The van der Waals surface area contributed by atoms with Crippen LogP contribution in [0.2, 0.25) is 5.02 Å². The topological polar surface area (TPSA) is 32.9 Å². The molecule has 1 aliphatic heterocycles. The maximum absolute atomic E-state index is 7.10. The summed E-state index contributed by atoms with van der Waals surface area (Å²) in [5, 5.41) is 3.13. The Bertz CT molecular complexity index is 3050. The zero-order chi connectivity index (χ0) is 39.2. The number of aromatic nitrogens is 1. The van der Waals surface area contributed by atoms with Gasteiger partial charge in [-0.1, -0.05) is 158 Å². The molecule has 1 aromatic heterocycles. The maximum Gasteiger partial charge on any atom is 0.160 e. The Kier molecular flexibility index (Phi) is 8.89. The number of amidine groups is 1. The number of halogens is 1. The van der Waals surface area contributed by atoms with Gasteiger partial charge in [0, 0.05) is 38.9 Å². The predicted molar refractivity (Wildman–Crippen MR) is 246 cm³/mol. The minimum atomic E-state index is 0.602. The van der Waals surface area contributed by atoms with Crippen LogP contribution in [0.25, 0.3) is 55.4 Å². The van der Waals surface area contributed by atoms with Gasteiger partial charge < -0.3 is 9.47 Å². The highest BCUT2D eigenvalue weighted by atomic mass is 35.5. The molecular formula is C53H37ClN4. The van der Waals surface area contributed by atoms with E-state index in [0.29, 0.717) is 16.6 Å². The van der Waals surface area contributed by atoms with E-state index in [9.17, 15) is 0 Å². The lowest BCUT2D eigenvalue weighted by molar-refractivity contribution is 1.18. The Morgan fingerprint density at radius 2 is 1.00 bits per heavy atom. The van der Waals surface area contributed by atoms with E-state index in [0.717, 1.165) is 67.4 Å². The molecule has 58 heavy (non-hydrogen) atoms. The maximum atomic E-state index is 7.10. The van der Waals surface area contributed by atoms with E-state index < -0.39 is 0 Å². The lowest BCUT2D eigenvalue weighted by Gasteiger charge is -2.28. The standard InChI is InChI=1S/C53H37ClN4/c1-35(37-17-5-3-6-18-37)55-53(38-19-7-4-8-20-38)56-36(2)39-29-31-50-45(33-39)41-21-9-10-22-42(41)46-34-40(30-32-51(46)58(50)52-28-16-13-25-47(52)54)57-48-26-14-11-23-43(48)44-24-12-15-27-49(44)57/h3-34H,1H2,2H3. The fraction of sp³-hybridized carbons (Fsp3) is 0.0189. The average molecular weight is 765 g/mol. The van der Waals surface area contributed by atoms with Gasteiger partial charge in [0.2, 0.25) is 0 Å². The molecule has 9 aromatic rings. The lowest BCUT2D eigenvalue weighted by Crippen LogP contribution is -2.12. The molecule has 0 N–H and O–H groups in total. The first-order valence-corrected chi connectivity index (χ1v) is 19.8. The van der Waals surface area contributed by atoms with Crippen LogP contribution in [-0.2, 0) is 0 Å². The van der Waals surface area contributed by atoms with E-state index in [1.54, 1.807) is 0 Å². The highest BCUT2D eigenvalue weighted by Crippen LogP contribution is 2.52. The van der Waals surface area contributed by atoms with Crippen molar-refractivity contribution in [3.63, 3.8) is 0 Å². The molecule has 5 heteroatoms. The number of para-hydroxylation sites is 3. The number of fused-ring (bicyclic) bond motifs is 8. The lowest BCUT2D eigenvalue weighted by atomic mass is 9.93. The van der Waals surface area contributed by atoms with Crippen molar-refractivity contribution in [1.29, 1.82) is 0 Å². The summed E-state index contributed by atoms with van der Waals surface area (Å²) in [4.78, 5) is 12.5. The third-order valence-electron chi connectivity index (χ3n) is 11.0. The molecule has 0 bridgehead atoms. The van der Waals surface area contributed by atoms with Gasteiger partial charge in [-0.25, -0.2) is 9.98 Å². The van der Waals surface area contributed by atoms with Crippen LogP contribution in [0.3, 0.4) is 0 Å². The second kappa shape index (κ2) is 14.7. The third-order valence-corrected chi connectivity index (χ3v) is 11.3. The van der Waals surface area contributed by atoms with E-state index in [1.807, 2.05) is 85.8 Å². The van der Waals surface area contributed by atoms with Crippen LogP contribution < -0.4 is 4.90 Å². The van der Waals surface area contributed by atoms with Crippen LogP contribution in [0, 0.1) is 0 Å². The molecule has 0 radical (unpaired) electrons. The van der Waals surface area contributed by atoms with E-state index in [-0.39, 0.29) is 0 Å². The second-order valence-electron chi connectivity index (χ2n) is 14.4. The molecule has 0 atom stereocenters. The Balaban J connectivity index is 1.17. The summed E-state index contributed by atoms with van der Waals surface area (Å²) in [5.74, 6) is 0.602. The molecule has 10 rings (SSSR count). The Labute approximate surface area is 343 Å². The summed E-state index contributed by atoms with van der Waals surface area (Å²) >= 11 is 7.10. The molecule has 8 aromatic carbocycles. The molecule has 4 nitrogen and oxygen atoms in total. The van der Waals surface area contributed by atoms with Gasteiger partial charge in [0.1, 0.15) is 0 Å². The predicted octanol–water partition coefficient (Wildman–Crippen LogP) is 14.5. The van der Waals surface area contributed by atoms with Gasteiger partial charge in [-0.3, -0.25) is 0 Å². The molecule has 276 valence electrons. The normalized spacial score (nSPS) is 12.6. The van der Waals surface area contributed by atoms with Gasteiger partial charge in [-0.2, -0.15) is 0 Å². The van der Waals surface area contributed by atoms with Crippen LogP contribution in [0.15, 0.2) is 211 Å². The highest BCUT2D eigenvalue weighted by Gasteiger charge is 2.28. The highest BCUT2D eigenvalue weighted by molar-refractivity contribution is 6.33. The first-order chi connectivity index (χ1) is 28.5. The summed E-state index contributed by atoms with van der Waals surface area (Å²) in [7, 11) is 0. The Morgan fingerprint density at radius 3 is 1.66 bits per heavy atom. The van der Waals surface area contributed by atoms with Gasteiger partial charge in [-0.05, 0) is 83.8 Å². The smallest absolute Gasteiger partial charge is 0.160 e. The monoisotopic (exact) mass is 764 g/mol. The van der Waals surface area contributed by atoms with Crippen molar-refractivity contribution in [3.8, 4) is 27.9 Å². The van der Waals surface area contributed by atoms with Crippen molar-refractivity contribution in [2.75, 3.05) is 4.90 Å². The molecule has 0 fully saturated rings. The molecule has 1 aliphatic rings. The first-order valence-electron chi connectivity index (χ1n) is 19.4. The second-order valence-corrected chi connectivity index (χ2v) is 14.9. The largest absolute Gasteiger partial charge is 0.309 e. The van der Waals surface area contributed by atoms with Crippen molar-refractivity contribution in [2.24, 2.45) is 9.98 Å². The number of anilines is 3. The molecule has 0 saturated carbocycles. The average Bonchev–Trinajstić information content (AvgIpc) is 3.56. The third kappa shape index (κ3) is 6.12. The van der Waals surface area contributed by atoms with Gasteiger partial charge in [-0.15, -0.1) is 0 Å². The van der Waals surface area contributed by atoms with Gasteiger partial charge >= 0.3 is 0 Å². The molecule has 0 aliphatic carbocycles. The van der Waals surface area contributed by atoms with E-state index >= 15 is 0 Å². The number of nitrogens with zero attached hydrogens (tertiary/aromatic N) is 4. The van der Waals surface area contributed by atoms with Crippen molar-refractivity contribution in [2.45, 2.75) is 6.92 Å². The zero-order valence-corrected chi connectivity index (χ0v) is 32.6. The van der Waals surface area contributed by atoms with Crippen molar-refractivity contribution >= 4 is 67.7 Å². The summed E-state index contributed by atoms with van der Waals surface area (Å²) in [6, 6.07) is 67.6. The van der Waals surface area contributed by atoms with Crippen molar-refractivity contribution < 1.29 is 0 Å². The summed E-state index contributed by atoms with van der Waals surface area (Å²) in [6.45, 7) is 6.35. The van der Waals surface area contributed by atoms with E-state index in [2.05, 4.69) is 131 Å². The van der Waals surface area contributed by atoms with Crippen molar-refractivity contribution in [3.05, 3.63) is 222 Å².